The lowest BCUT2D eigenvalue weighted by Crippen LogP contribution is -2.46. The molecule has 0 aromatic heterocycles. The molecule has 3 aliphatic heterocycles. The molecular weight excluding hydrogens is 403 g/mol. The molecule has 2 aromatic rings. The van der Waals surface area contributed by atoms with Crippen molar-refractivity contribution < 1.29 is 17.6 Å². The fraction of sp³-hybridized carbons (Fsp3) is 0.435. The number of piperidine rings is 1. The Labute approximate surface area is 176 Å². The quantitative estimate of drug-likeness (QED) is 0.749. The molecular formula is C23H25FN2O3S. The molecule has 0 N–H and O–H groups in total. The first-order valence-electron chi connectivity index (χ1n) is 10.5. The monoisotopic (exact) mass is 428 g/mol. The fourth-order valence-corrected chi connectivity index (χ4v) is 6.47. The van der Waals surface area contributed by atoms with Crippen molar-refractivity contribution in [2.24, 2.45) is 0 Å². The van der Waals surface area contributed by atoms with Gasteiger partial charge in [-0.15, -0.1) is 0 Å². The van der Waals surface area contributed by atoms with Gasteiger partial charge in [0.1, 0.15) is 5.82 Å². The number of nitrogens with zero attached hydrogens (tertiary/aromatic N) is 2. The number of fused-ring (bicyclic) bond motifs is 3. The Kier molecular flexibility index (Phi) is 4.61. The van der Waals surface area contributed by atoms with Crippen LogP contribution < -0.4 is 4.31 Å². The second-order valence-corrected chi connectivity index (χ2v) is 10.7. The summed E-state index contributed by atoms with van der Waals surface area (Å²) in [7, 11) is -3.30. The molecule has 0 aliphatic carbocycles. The normalized spacial score (nSPS) is 25.5. The van der Waals surface area contributed by atoms with Crippen molar-refractivity contribution in [2.75, 3.05) is 17.1 Å². The third-order valence-corrected chi connectivity index (χ3v) is 8.07. The van der Waals surface area contributed by atoms with Gasteiger partial charge < -0.3 is 4.90 Å². The molecule has 0 spiro atoms. The first-order chi connectivity index (χ1) is 14.3. The van der Waals surface area contributed by atoms with E-state index in [9.17, 15) is 17.6 Å². The standard InChI is InChI=1S/C23H25FN2O3S/c1-30(28,29)25-11-10-16-12-17(4-9-22(16)25)23(27)26-20-7-8-21(26)14-18(13-20)15-2-5-19(24)6-3-15/h2-6,9,12,18,20-21H,7-8,10-11,13-14H2,1H3/t18-,20+,21-. The van der Waals surface area contributed by atoms with Gasteiger partial charge in [-0.2, -0.15) is 0 Å². The third-order valence-electron chi connectivity index (χ3n) is 6.89. The molecule has 1 amide bonds. The van der Waals surface area contributed by atoms with Crippen molar-refractivity contribution >= 4 is 21.6 Å². The van der Waals surface area contributed by atoms with E-state index in [1.807, 2.05) is 23.1 Å². The molecule has 7 heteroatoms. The molecule has 158 valence electrons. The van der Waals surface area contributed by atoms with E-state index in [1.165, 1.54) is 22.7 Å². The summed E-state index contributed by atoms with van der Waals surface area (Å²) in [5, 5.41) is 0. The van der Waals surface area contributed by atoms with E-state index in [0.717, 1.165) is 36.8 Å². The van der Waals surface area contributed by atoms with Crippen molar-refractivity contribution in [3.8, 4) is 0 Å². The number of sulfonamides is 1. The van der Waals surface area contributed by atoms with Crippen LogP contribution >= 0.6 is 0 Å². The predicted molar refractivity (Wildman–Crippen MR) is 114 cm³/mol. The average Bonchev–Trinajstić information content (AvgIpc) is 3.25. The maximum atomic E-state index is 13.4. The number of amides is 1. The topological polar surface area (TPSA) is 57.7 Å². The number of carbonyl (C=O) groups excluding carboxylic acids is 1. The van der Waals surface area contributed by atoms with E-state index in [0.29, 0.717) is 30.1 Å². The Bertz CT molecular complexity index is 1090. The summed E-state index contributed by atoms with van der Waals surface area (Å²) in [6.07, 6.45) is 5.65. The SMILES string of the molecule is CS(=O)(=O)N1CCc2cc(C(=O)N3[C@@H]4CC[C@H]3C[C@@H](c3ccc(F)cc3)C4)ccc21. The molecule has 2 saturated heterocycles. The molecule has 0 unspecified atom stereocenters. The van der Waals surface area contributed by atoms with Gasteiger partial charge in [0.15, 0.2) is 0 Å². The molecule has 3 aliphatic rings. The first-order valence-corrected chi connectivity index (χ1v) is 12.3. The van der Waals surface area contributed by atoms with Gasteiger partial charge in [0.2, 0.25) is 10.0 Å². The van der Waals surface area contributed by atoms with E-state index in [1.54, 1.807) is 12.1 Å². The lowest BCUT2D eigenvalue weighted by Gasteiger charge is -2.39. The van der Waals surface area contributed by atoms with Gasteiger partial charge in [-0.1, -0.05) is 12.1 Å². The minimum absolute atomic E-state index is 0.0423. The van der Waals surface area contributed by atoms with E-state index >= 15 is 0 Å². The van der Waals surface area contributed by atoms with Crippen LogP contribution in [0.2, 0.25) is 0 Å². The summed E-state index contributed by atoms with van der Waals surface area (Å²) >= 11 is 0. The number of benzene rings is 2. The van der Waals surface area contributed by atoms with Gasteiger partial charge in [0.25, 0.3) is 5.91 Å². The summed E-state index contributed by atoms with van der Waals surface area (Å²) < 4.78 is 38.6. The predicted octanol–water partition coefficient (Wildman–Crippen LogP) is 3.70. The molecule has 0 saturated carbocycles. The average molecular weight is 429 g/mol. The highest BCUT2D eigenvalue weighted by atomic mass is 32.2. The van der Waals surface area contributed by atoms with Gasteiger partial charge in [0, 0.05) is 24.2 Å². The van der Waals surface area contributed by atoms with Gasteiger partial charge in [-0.3, -0.25) is 9.10 Å². The number of anilines is 1. The van der Waals surface area contributed by atoms with Crippen LogP contribution in [0.15, 0.2) is 42.5 Å². The summed E-state index contributed by atoms with van der Waals surface area (Å²) in [6, 6.07) is 12.6. The maximum absolute atomic E-state index is 13.4. The van der Waals surface area contributed by atoms with Crippen LogP contribution in [0.4, 0.5) is 10.1 Å². The Balaban J connectivity index is 1.36. The highest BCUT2D eigenvalue weighted by Crippen LogP contribution is 2.44. The summed E-state index contributed by atoms with van der Waals surface area (Å²) in [4.78, 5) is 15.4. The van der Waals surface area contributed by atoms with Gasteiger partial charge in [-0.25, -0.2) is 12.8 Å². The van der Waals surface area contributed by atoms with Crippen molar-refractivity contribution in [1.29, 1.82) is 0 Å². The molecule has 2 aromatic carbocycles. The van der Waals surface area contributed by atoms with Crippen LogP contribution in [0.25, 0.3) is 0 Å². The van der Waals surface area contributed by atoms with E-state index in [2.05, 4.69) is 0 Å². The van der Waals surface area contributed by atoms with Crippen LogP contribution in [0.1, 0.15) is 53.1 Å². The number of hydrogen-bond acceptors (Lipinski definition) is 3. The van der Waals surface area contributed by atoms with E-state index < -0.39 is 10.0 Å². The molecule has 0 radical (unpaired) electrons. The second-order valence-electron chi connectivity index (χ2n) is 8.75. The second kappa shape index (κ2) is 7.08. The summed E-state index contributed by atoms with van der Waals surface area (Å²) in [6.45, 7) is 0.431. The zero-order valence-electron chi connectivity index (χ0n) is 16.9. The van der Waals surface area contributed by atoms with Crippen molar-refractivity contribution in [3.05, 3.63) is 65.0 Å². The molecule has 30 heavy (non-hydrogen) atoms. The lowest BCUT2D eigenvalue weighted by molar-refractivity contribution is 0.0571. The zero-order chi connectivity index (χ0) is 21.0. The Hall–Kier alpha value is -2.41. The summed E-state index contributed by atoms with van der Waals surface area (Å²) in [5.41, 5.74) is 3.40. The molecule has 3 heterocycles. The molecule has 2 fully saturated rings. The van der Waals surface area contributed by atoms with Crippen LogP contribution in [0.5, 0.6) is 0 Å². The minimum atomic E-state index is -3.30. The number of rotatable bonds is 3. The van der Waals surface area contributed by atoms with Gasteiger partial charge in [0.05, 0.1) is 11.9 Å². The van der Waals surface area contributed by atoms with Gasteiger partial charge in [-0.05, 0) is 79.5 Å². The van der Waals surface area contributed by atoms with Gasteiger partial charge >= 0.3 is 0 Å². The van der Waals surface area contributed by atoms with Crippen molar-refractivity contribution in [3.63, 3.8) is 0 Å². The zero-order valence-corrected chi connectivity index (χ0v) is 17.7. The number of carbonyl (C=O) groups is 1. The maximum Gasteiger partial charge on any atom is 0.254 e. The number of halogens is 1. The molecule has 2 bridgehead atoms. The van der Waals surface area contributed by atoms with Crippen LogP contribution in [-0.4, -0.2) is 44.1 Å². The van der Waals surface area contributed by atoms with E-state index in [-0.39, 0.29) is 23.8 Å². The first kappa shape index (κ1) is 19.5. The van der Waals surface area contributed by atoms with Crippen molar-refractivity contribution in [2.45, 2.75) is 50.1 Å². The van der Waals surface area contributed by atoms with Crippen LogP contribution in [0, 0.1) is 5.82 Å². The fourth-order valence-electron chi connectivity index (χ4n) is 5.51. The minimum Gasteiger partial charge on any atom is -0.333 e. The summed E-state index contributed by atoms with van der Waals surface area (Å²) in [5.74, 6) is 0.177. The third kappa shape index (κ3) is 3.29. The highest BCUT2D eigenvalue weighted by molar-refractivity contribution is 7.92. The lowest BCUT2D eigenvalue weighted by atomic mass is 9.84. The Morgan fingerprint density at radius 3 is 2.33 bits per heavy atom. The van der Waals surface area contributed by atoms with E-state index in [4.69, 9.17) is 0 Å². The largest absolute Gasteiger partial charge is 0.333 e. The molecule has 5 rings (SSSR count). The van der Waals surface area contributed by atoms with Crippen LogP contribution in [-0.2, 0) is 16.4 Å². The van der Waals surface area contributed by atoms with Crippen LogP contribution in [0.3, 0.4) is 0 Å². The Morgan fingerprint density at radius 2 is 1.70 bits per heavy atom. The highest BCUT2D eigenvalue weighted by Gasteiger charge is 2.44. The number of hydrogen-bond donors (Lipinski definition) is 0. The van der Waals surface area contributed by atoms with Crippen molar-refractivity contribution in [1.82, 2.24) is 4.90 Å². The molecule has 5 nitrogen and oxygen atoms in total. The Morgan fingerprint density at radius 1 is 1.03 bits per heavy atom. The smallest absolute Gasteiger partial charge is 0.254 e. The molecule has 3 atom stereocenters.